The highest BCUT2D eigenvalue weighted by atomic mass is 32.2. The van der Waals surface area contributed by atoms with E-state index < -0.39 is 20.0 Å². The first-order valence-electron chi connectivity index (χ1n) is 8.52. The van der Waals surface area contributed by atoms with E-state index in [1.54, 1.807) is 19.2 Å². The van der Waals surface area contributed by atoms with E-state index in [-0.39, 0.29) is 18.6 Å². The van der Waals surface area contributed by atoms with Gasteiger partial charge in [-0.2, -0.15) is 4.31 Å². The number of hydrogen-bond donors (Lipinski definition) is 1. The molecule has 2 aliphatic rings. The Morgan fingerprint density at radius 2 is 2.00 bits per heavy atom. The SMILES string of the molecule is C=CS(=O)(=O)NC[C@H]1CCN(S(=O)(=O)c2ccc3c(c2)CC(OC)C3)C1. The molecule has 1 aliphatic heterocycles. The quantitative estimate of drug-likeness (QED) is 0.733. The molecule has 0 bridgehead atoms. The highest BCUT2D eigenvalue weighted by Crippen LogP contribution is 2.29. The van der Waals surface area contributed by atoms with Crippen molar-refractivity contribution in [1.29, 1.82) is 0 Å². The number of nitrogens with one attached hydrogen (secondary N) is 1. The van der Waals surface area contributed by atoms with Gasteiger partial charge in [-0.3, -0.25) is 0 Å². The maximum Gasteiger partial charge on any atom is 0.243 e. The number of ether oxygens (including phenoxy) is 1. The molecule has 1 heterocycles. The molecule has 1 fully saturated rings. The Hall–Kier alpha value is -1.26. The van der Waals surface area contributed by atoms with Gasteiger partial charge in [-0.25, -0.2) is 21.6 Å². The minimum absolute atomic E-state index is 0.0493. The normalized spacial score (nSPS) is 23.9. The second kappa shape index (κ2) is 7.40. The van der Waals surface area contributed by atoms with Crippen molar-refractivity contribution in [2.24, 2.45) is 5.92 Å². The van der Waals surface area contributed by atoms with Gasteiger partial charge in [0.2, 0.25) is 20.0 Å². The molecule has 1 aromatic rings. The first kappa shape index (κ1) is 19.5. The summed E-state index contributed by atoms with van der Waals surface area (Å²) < 4.78 is 58.0. The van der Waals surface area contributed by atoms with Gasteiger partial charge in [0.15, 0.2) is 0 Å². The summed E-state index contributed by atoms with van der Waals surface area (Å²) in [5, 5.41) is 0.855. The standard InChI is InChI=1S/C17H24N2O5S2/c1-3-25(20,21)18-11-13-6-7-19(12-13)26(22,23)17-5-4-14-8-16(24-2)9-15(14)10-17/h3-5,10,13,16,18H,1,6-9,11-12H2,2H3/t13-,16?/m1/s1. The van der Waals surface area contributed by atoms with Gasteiger partial charge in [0, 0.05) is 32.2 Å². The third kappa shape index (κ3) is 4.01. The first-order chi connectivity index (χ1) is 12.2. The van der Waals surface area contributed by atoms with Gasteiger partial charge < -0.3 is 4.74 Å². The van der Waals surface area contributed by atoms with Gasteiger partial charge in [-0.1, -0.05) is 12.6 Å². The topological polar surface area (TPSA) is 92.8 Å². The Balaban J connectivity index is 1.69. The van der Waals surface area contributed by atoms with Crippen LogP contribution >= 0.6 is 0 Å². The second-order valence-corrected chi connectivity index (χ2v) is 10.4. The van der Waals surface area contributed by atoms with Crippen molar-refractivity contribution in [3.63, 3.8) is 0 Å². The molecule has 3 rings (SSSR count). The van der Waals surface area contributed by atoms with E-state index in [9.17, 15) is 16.8 Å². The minimum Gasteiger partial charge on any atom is -0.381 e. The summed E-state index contributed by atoms with van der Waals surface area (Å²) in [6.07, 6.45) is 2.26. The maximum absolute atomic E-state index is 12.9. The predicted octanol–water partition coefficient (Wildman–Crippen LogP) is 0.874. The predicted molar refractivity (Wildman–Crippen MR) is 98.6 cm³/mol. The first-order valence-corrected chi connectivity index (χ1v) is 11.5. The highest BCUT2D eigenvalue weighted by molar-refractivity contribution is 7.92. The second-order valence-electron chi connectivity index (χ2n) is 6.77. The Labute approximate surface area is 155 Å². The van der Waals surface area contributed by atoms with E-state index >= 15 is 0 Å². The summed E-state index contributed by atoms with van der Waals surface area (Å²) in [4.78, 5) is 0.292. The van der Waals surface area contributed by atoms with Gasteiger partial charge in [-0.15, -0.1) is 0 Å². The molecule has 7 nitrogen and oxygen atoms in total. The fourth-order valence-electron chi connectivity index (χ4n) is 3.51. The molecule has 1 aliphatic carbocycles. The molecule has 1 unspecified atom stereocenters. The average Bonchev–Trinajstić information content (AvgIpc) is 3.26. The molecular weight excluding hydrogens is 376 g/mol. The van der Waals surface area contributed by atoms with Crippen LogP contribution in [0.2, 0.25) is 0 Å². The van der Waals surface area contributed by atoms with Crippen LogP contribution < -0.4 is 4.72 Å². The third-order valence-corrected chi connectivity index (χ3v) is 7.95. The number of hydrogen-bond acceptors (Lipinski definition) is 5. The Morgan fingerprint density at radius 3 is 2.69 bits per heavy atom. The van der Waals surface area contributed by atoms with Crippen LogP contribution in [0.1, 0.15) is 17.5 Å². The average molecular weight is 401 g/mol. The molecule has 1 aromatic carbocycles. The van der Waals surface area contributed by atoms with Crippen molar-refractivity contribution in [2.45, 2.75) is 30.3 Å². The number of sulfonamides is 2. The van der Waals surface area contributed by atoms with Crippen LogP contribution in [0.5, 0.6) is 0 Å². The lowest BCUT2D eigenvalue weighted by atomic mass is 10.1. The zero-order chi connectivity index (χ0) is 18.9. The van der Waals surface area contributed by atoms with Crippen LogP contribution in [0.15, 0.2) is 35.1 Å². The van der Waals surface area contributed by atoms with E-state index in [0.29, 0.717) is 24.4 Å². The summed E-state index contributed by atoms with van der Waals surface area (Å²) >= 11 is 0. The Morgan fingerprint density at radius 1 is 1.27 bits per heavy atom. The number of methoxy groups -OCH3 is 1. The molecule has 0 amide bonds. The van der Waals surface area contributed by atoms with Crippen molar-refractivity contribution in [3.8, 4) is 0 Å². The molecule has 26 heavy (non-hydrogen) atoms. The molecule has 1 saturated heterocycles. The number of nitrogens with zero attached hydrogens (tertiary/aromatic N) is 1. The van der Waals surface area contributed by atoms with Crippen molar-refractivity contribution in [3.05, 3.63) is 41.3 Å². The number of rotatable bonds is 7. The van der Waals surface area contributed by atoms with Gasteiger partial charge in [0.05, 0.1) is 11.0 Å². The fourth-order valence-corrected chi connectivity index (χ4v) is 5.67. The molecule has 0 radical (unpaired) electrons. The number of fused-ring (bicyclic) bond motifs is 1. The Kier molecular flexibility index (Phi) is 5.55. The van der Waals surface area contributed by atoms with Crippen molar-refractivity contribution < 1.29 is 21.6 Å². The molecule has 2 atom stereocenters. The summed E-state index contributed by atoms with van der Waals surface area (Å²) in [5.41, 5.74) is 2.15. The van der Waals surface area contributed by atoms with Gasteiger partial charge >= 0.3 is 0 Å². The lowest BCUT2D eigenvalue weighted by molar-refractivity contribution is 0.112. The molecule has 1 N–H and O–H groups in total. The molecule has 0 aromatic heterocycles. The fraction of sp³-hybridized carbons (Fsp3) is 0.529. The number of benzene rings is 1. The van der Waals surface area contributed by atoms with Gasteiger partial charge in [0.25, 0.3) is 0 Å². The zero-order valence-electron chi connectivity index (χ0n) is 14.7. The highest BCUT2D eigenvalue weighted by Gasteiger charge is 2.33. The molecule has 9 heteroatoms. The van der Waals surface area contributed by atoms with Crippen LogP contribution in [0.25, 0.3) is 0 Å². The van der Waals surface area contributed by atoms with Crippen molar-refractivity contribution in [2.75, 3.05) is 26.7 Å². The van der Waals surface area contributed by atoms with E-state index in [4.69, 9.17) is 4.74 Å². The van der Waals surface area contributed by atoms with Gasteiger partial charge in [-0.05, 0) is 48.4 Å². The van der Waals surface area contributed by atoms with Crippen LogP contribution in [-0.4, -0.2) is 54.0 Å². The van der Waals surface area contributed by atoms with Crippen LogP contribution in [-0.2, 0) is 37.6 Å². The summed E-state index contributed by atoms with van der Waals surface area (Å²) in [6, 6.07) is 5.27. The van der Waals surface area contributed by atoms with Crippen molar-refractivity contribution in [1.82, 2.24) is 9.03 Å². The van der Waals surface area contributed by atoms with Crippen LogP contribution in [0, 0.1) is 5.92 Å². The summed E-state index contributed by atoms with van der Waals surface area (Å²) in [5.74, 6) is -0.0493. The molecular formula is C17H24N2O5S2. The maximum atomic E-state index is 12.9. The van der Waals surface area contributed by atoms with Gasteiger partial charge in [0.1, 0.15) is 0 Å². The van der Waals surface area contributed by atoms with Crippen molar-refractivity contribution >= 4 is 20.0 Å². The van der Waals surface area contributed by atoms with E-state index in [1.807, 2.05) is 6.07 Å². The largest absolute Gasteiger partial charge is 0.381 e. The molecule has 0 spiro atoms. The lowest BCUT2D eigenvalue weighted by Gasteiger charge is -2.17. The summed E-state index contributed by atoms with van der Waals surface area (Å²) in [6.45, 7) is 4.15. The Bertz CT molecular complexity index is 896. The zero-order valence-corrected chi connectivity index (χ0v) is 16.4. The van der Waals surface area contributed by atoms with E-state index in [2.05, 4.69) is 11.3 Å². The lowest BCUT2D eigenvalue weighted by Crippen LogP contribution is -2.32. The van der Waals surface area contributed by atoms with Crippen LogP contribution in [0.3, 0.4) is 0 Å². The summed E-state index contributed by atoms with van der Waals surface area (Å²) in [7, 11) is -5.41. The molecule has 0 saturated carbocycles. The monoisotopic (exact) mass is 400 g/mol. The minimum atomic E-state index is -3.58. The van der Waals surface area contributed by atoms with Crippen LogP contribution in [0.4, 0.5) is 0 Å². The van der Waals surface area contributed by atoms with E-state index in [0.717, 1.165) is 29.4 Å². The van der Waals surface area contributed by atoms with E-state index in [1.165, 1.54) is 4.31 Å². The molecule has 144 valence electrons. The third-order valence-electron chi connectivity index (χ3n) is 5.09. The smallest absolute Gasteiger partial charge is 0.243 e.